The minimum absolute atomic E-state index is 0.265. The molecule has 0 aliphatic heterocycles. The van der Waals surface area contributed by atoms with E-state index < -0.39 is 0 Å². The van der Waals surface area contributed by atoms with Crippen molar-refractivity contribution in [2.24, 2.45) is 0 Å². The zero-order valence-corrected chi connectivity index (χ0v) is 11.2. The summed E-state index contributed by atoms with van der Waals surface area (Å²) in [5, 5.41) is 11.4. The number of nitrogens with zero attached hydrogens (tertiary/aromatic N) is 1. The highest BCUT2D eigenvalue weighted by molar-refractivity contribution is 5.83. The van der Waals surface area contributed by atoms with Crippen molar-refractivity contribution >= 4 is 10.8 Å². The van der Waals surface area contributed by atoms with E-state index in [1.807, 2.05) is 0 Å². The molecule has 0 amide bonds. The van der Waals surface area contributed by atoms with E-state index in [0.29, 0.717) is 0 Å². The summed E-state index contributed by atoms with van der Waals surface area (Å²) in [5.74, 6) is 0. The third kappa shape index (κ3) is 3.31. The summed E-state index contributed by atoms with van der Waals surface area (Å²) < 4.78 is 0. The van der Waals surface area contributed by atoms with Gasteiger partial charge in [-0.1, -0.05) is 35.9 Å². The fraction of sp³-hybridized carbons (Fsp3) is 0.375. The van der Waals surface area contributed by atoms with Crippen LogP contribution in [0.4, 0.5) is 0 Å². The van der Waals surface area contributed by atoms with Gasteiger partial charge in [0, 0.05) is 19.7 Å². The molecule has 0 aliphatic rings. The van der Waals surface area contributed by atoms with Gasteiger partial charge in [-0.15, -0.1) is 0 Å². The van der Waals surface area contributed by atoms with E-state index in [2.05, 4.69) is 55.3 Å². The first kappa shape index (κ1) is 13.1. The molecule has 2 nitrogen and oxygen atoms in total. The lowest BCUT2D eigenvalue weighted by molar-refractivity contribution is 0.244. The van der Waals surface area contributed by atoms with Crippen molar-refractivity contribution in [2.75, 3.05) is 20.2 Å². The zero-order chi connectivity index (χ0) is 13.0. The van der Waals surface area contributed by atoms with Crippen LogP contribution in [0.25, 0.3) is 10.8 Å². The normalized spacial score (nSPS) is 11.3. The predicted octanol–water partition coefficient (Wildman–Crippen LogP) is 2.96. The Labute approximate surface area is 109 Å². The average molecular weight is 243 g/mol. The standard InChI is InChI=1S/C16H21NO/c1-13-4-6-16-11-14(5-7-15(16)10-13)12-17(2)8-3-9-18/h4-7,10-11,18H,3,8-9,12H2,1-2H3. The smallest absolute Gasteiger partial charge is 0.0443 e. The average Bonchev–Trinajstić information content (AvgIpc) is 2.36. The molecule has 0 unspecified atom stereocenters. The minimum atomic E-state index is 0.265. The van der Waals surface area contributed by atoms with Gasteiger partial charge in [-0.05, 0) is 42.8 Å². The van der Waals surface area contributed by atoms with Gasteiger partial charge in [0.05, 0.1) is 0 Å². The van der Waals surface area contributed by atoms with Gasteiger partial charge in [0.2, 0.25) is 0 Å². The minimum Gasteiger partial charge on any atom is -0.396 e. The Hall–Kier alpha value is -1.38. The van der Waals surface area contributed by atoms with E-state index in [0.717, 1.165) is 19.5 Å². The van der Waals surface area contributed by atoms with Crippen LogP contribution in [-0.2, 0) is 6.54 Å². The van der Waals surface area contributed by atoms with Gasteiger partial charge in [-0.2, -0.15) is 0 Å². The largest absolute Gasteiger partial charge is 0.396 e. The van der Waals surface area contributed by atoms with E-state index in [1.54, 1.807) is 0 Å². The maximum Gasteiger partial charge on any atom is 0.0443 e. The Morgan fingerprint density at radius 2 is 1.78 bits per heavy atom. The summed E-state index contributed by atoms with van der Waals surface area (Å²) in [6, 6.07) is 13.2. The monoisotopic (exact) mass is 243 g/mol. The van der Waals surface area contributed by atoms with Crippen LogP contribution in [0, 0.1) is 6.92 Å². The Morgan fingerprint density at radius 3 is 2.56 bits per heavy atom. The van der Waals surface area contributed by atoms with Crippen molar-refractivity contribution in [2.45, 2.75) is 19.9 Å². The Balaban J connectivity index is 2.12. The number of aryl methyl sites for hydroxylation is 1. The molecule has 0 bridgehead atoms. The topological polar surface area (TPSA) is 23.5 Å². The third-order valence-electron chi connectivity index (χ3n) is 3.21. The van der Waals surface area contributed by atoms with Gasteiger partial charge in [0.15, 0.2) is 0 Å². The molecule has 0 aliphatic carbocycles. The molecule has 0 spiro atoms. The molecule has 1 N–H and O–H groups in total. The first-order valence-corrected chi connectivity index (χ1v) is 6.48. The van der Waals surface area contributed by atoms with E-state index in [4.69, 9.17) is 5.11 Å². The molecule has 0 radical (unpaired) electrons. The molecule has 0 saturated carbocycles. The van der Waals surface area contributed by atoms with Gasteiger partial charge in [0.1, 0.15) is 0 Å². The number of hydrogen-bond donors (Lipinski definition) is 1. The predicted molar refractivity (Wildman–Crippen MR) is 76.7 cm³/mol. The first-order valence-electron chi connectivity index (χ1n) is 6.48. The molecular weight excluding hydrogens is 222 g/mol. The summed E-state index contributed by atoms with van der Waals surface area (Å²) in [6.45, 7) is 4.25. The van der Waals surface area contributed by atoms with Crippen molar-refractivity contribution in [1.29, 1.82) is 0 Å². The van der Waals surface area contributed by atoms with Crippen LogP contribution in [0.15, 0.2) is 36.4 Å². The lowest BCUT2D eigenvalue weighted by atomic mass is 10.0. The van der Waals surface area contributed by atoms with Crippen molar-refractivity contribution in [3.05, 3.63) is 47.5 Å². The first-order chi connectivity index (χ1) is 8.69. The molecule has 0 saturated heterocycles. The lowest BCUT2D eigenvalue weighted by Gasteiger charge is -2.16. The number of aliphatic hydroxyl groups excluding tert-OH is 1. The summed E-state index contributed by atoms with van der Waals surface area (Å²) in [5.41, 5.74) is 2.63. The van der Waals surface area contributed by atoms with E-state index >= 15 is 0 Å². The maximum absolute atomic E-state index is 8.82. The van der Waals surface area contributed by atoms with Crippen molar-refractivity contribution in [3.8, 4) is 0 Å². The number of benzene rings is 2. The van der Waals surface area contributed by atoms with Gasteiger partial charge in [-0.25, -0.2) is 0 Å². The molecule has 0 heterocycles. The number of aliphatic hydroxyl groups is 1. The summed E-state index contributed by atoms with van der Waals surface area (Å²) >= 11 is 0. The summed E-state index contributed by atoms with van der Waals surface area (Å²) in [4.78, 5) is 2.24. The quantitative estimate of drug-likeness (QED) is 0.872. The SMILES string of the molecule is Cc1ccc2cc(CN(C)CCCO)ccc2c1. The second-order valence-electron chi connectivity index (χ2n) is 5.00. The van der Waals surface area contributed by atoms with Crippen LogP contribution >= 0.6 is 0 Å². The second-order valence-corrected chi connectivity index (χ2v) is 5.00. The molecule has 2 aromatic rings. The van der Waals surface area contributed by atoms with Gasteiger partial charge in [-0.3, -0.25) is 0 Å². The summed E-state index contributed by atoms with van der Waals surface area (Å²) in [7, 11) is 2.09. The van der Waals surface area contributed by atoms with Crippen molar-refractivity contribution in [3.63, 3.8) is 0 Å². The van der Waals surface area contributed by atoms with E-state index in [1.165, 1.54) is 21.9 Å². The molecule has 2 heteroatoms. The fourth-order valence-corrected chi connectivity index (χ4v) is 2.24. The molecule has 96 valence electrons. The van der Waals surface area contributed by atoms with Crippen LogP contribution in [0.1, 0.15) is 17.5 Å². The molecule has 2 rings (SSSR count). The van der Waals surface area contributed by atoms with Gasteiger partial charge < -0.3 is 10.0 Å². The molecular formula is C16H21NO. The molecule has 0 fully saturated rings. The number of hydrogen-bond acceptors (Lipinski definition) is 2. The Morgan fingerprint density at radius 1 is 1.06 bits per heavy atom. The van der Waals surface area contributed by atoms with E-state index in [9.17, 15) is 0 Å². The number of fused-ring (bicyclic) bond motifs is 1. The highest BCUT2D eigenvalue weighted by atomic mass is 16.3. The Kier molecular flexibility index (Phi) is 4.34. The third-order valence-corrected chi connectivity index (χ3v) is 3.21. The molecule has 2 aromatic carbocycles. The second kappa shape index (κ2) is 5.98. The maximum atomic E-state index is 8.82. The molecule has 18 heavy (non-hydrogen) atoms. The fourth-order valence-electron chi connectivity index (χ4n) is 2.24. The number of rotatable bonds is 5. The van der Waals surface area contributed by atoms with E-state index in [-0.39, 0.29) is 6.61 Å². The van der Waals surface area contributed by atoms with Crippen LogP contribution < -0.4 is 0 Å². The molecule has 0 atom stereocenters. The zero-order valence-electron chi connectivity index (χ0n) is 11.2. The lowest BCUT2D eigenvalue weighted by Crippen LogP contribution is -2.19. The molecule has 0 aromatic heterocycles. The van der Waals surface area contributed by atoms with Crippen molar-refractivity contribution < 1.29 is 5.11 Å². The van der Waals surface area contributed by atoms with Crippen molar-refractivity contribution in [1.82, 2.24) is 4.90 Å². The van der Waals surface area contributed by atoms with Crippen LogP contribution in [0.3, 0.4) is 0 Å². The van der Waals surface area contributed by atoms with Gasteiger partial charge >= 0.3 is 0 Å². The van der Waals surface area contributed by atoms with Crippen LogP contribution in [-0.4, -0.2) is 30.2 Å². The highest BCUT2D eigenvalue weighted by Crippen LogP contribution is 2.18. The highest BCUT2D eigenvalue weighted by Gasteiger charge is 2.01. The van der Waals surface area contributed by atoms with Crippen LogP contribution in [0.5, 0.6) is 0 Å². The summed E-state index contributed by atoms with van der Waals surface area (Å²) in [6.07, 6.45) is 0.837. The van der Waals surface area contributed by atoms with Gasteiger partial charge in [0.25, 0.3) is 0 Å². The Bertz CT molecular complexity index is 521. The van der Waals surface area contributed by atoms with Crippen LogP contribution in [0.2, 0.25) is 0 Å².